The quantitative estimate of drug-likeness (QED) is 0.688. The first-order valence-electron chi connectivity index (χ1n) is 9.04. The van der Waals surface area contributed by atoms with Crippen LogP contribution in [0.3, 0.4) is 0 Å². The Labute approximate surface area is 149 Å². The lowest BCUT2D eigenvalue weighted by Gasteiger charge is -2.21. The Kier molecular flexibility index (Phi) is 7.57. The number of aromatic hydroxyl groups is 1. The Morgan fingerprint density at radius 2 is 1.72 bits per heavy atom. The fraction of sp³-hybridized carbons (Fsp3) is 0.579. The molecule has 0 unspecified atom stereocenters. The number of hydrogen-bond donors (Lipinski definition) is 3. The van der Waals surface area contributed by atoms with E-state index in [1.54, 1.807) is 12.1 Å². The molecule has 6 nitrogen and oxygen atoms in total. The van der Waals surface area contributed by atoms with Crippen LogP contribution < -0.4 is 15.4 Å². The molecule has 3 N–H and O–H groups in total. The average Bonchev–Trinajstić information content (AvgIpc) is 2.57. The van der Waals surface area contributed by atoms with E-state index < -0.39 is 0 Å². The molecule has 0 radical (unpaired) electrons. The summed E-state index contributed by atoms with van der Waals surface area (Å²) in [5.74, 6) is 0.00321. The van der Waals surface area contributed by atoms with Gasteiger partial charge in [-0.05, 0) is 25.0 Å². The molecule has 25 heavy (non-hydrogen) atoms. The minimum absolute atomic E-state index is 0.0130. The summed E-state index contributed by atoms with van der Waals surface area (Å²) in [6, 6.07) is 4.83. The highest BCUT2D eigenvalue weighted by atomic mass is 16.5. The maximum Gasteiger partial charge on any atom is 0.224 e. The molecule has 0 aromatic heterocycles. The van der Waals surface area contributed by atoms with E-state index in [4.69, 9.17) is 4.74 Å². The van der Waals surface area contributed by atoms with Gasteiger partial charge < -0.3 is 20.5 Å². The van der Waals surface area contributed by atoms with Gasteiger partial charge in [-0.1, -0.05) is 32.1 Å². The van der Waals surface area contributed by atoms with Gasteiger partial charge in [-0.3, -0.25) is 9.59 Å². The average molecular weight is 348 g/mol. The van der Waals surface area contributed by atoms with Crippen LogP contribution in [0, 0.1) is 0 Å². The molecule has 1 aliphatic carbocycles. The second kappa shape index (κ2) is 9.91. The van der Waals surface area contributed by atoms with E-state index in [1.807, 2.05) is 0 Å². The third-order valence-electron chi connectivity index (χ3n) is 4.51. The number of anilines is 1. The molecular weight excluding hydrogens is 320 g/mol. The molecule has 0 atom stereocenters. The van der Waals surface area contributed by atoms with Crippen LogP contribution in [0.5, 0.6) is 11.5 Å². The van der Waals surface area contributed by atoms with Crippen molar-refractivity contribution in [1.29, 1.82) is 0 Å². The summed E-state index contributed by atoms with van der Waals surface area (Å²) in [5.41, 5.74) is 0.528. The lowest BCUT2D eigenvalue weighted by molar-refractivity contribution is -0.125. The van der Waals surface area contributed by atoms with Gasteiger partial charge in [0.1, 0.15) is 0 Å². The Morgan fingerprint density at radius 1 is 1.08 bits per heavy atom. The van der Waals surface area contributed by atoms with Crippen LogP contribution in [0.1, 0.15) is 57.8 Å². The summed E-state index contributed by atoms with van der Waals surface area (Å²) >= 11 is 0. The third-order valence-corrected chi connectivity index (χ3v) is 4.51. The van der Waals surface area contributed by atoms with E-state index in [0.717, 1.165) is 25.7 Å². The fourth-order valence-electron chi connectivity index (χ4n) is 3.11. The van der Waals surface area contributed by atoms with Crippen LogP contribution in [-0.2, 0) is 9.59 Å². The number of carbonyl (C=O) groups excluding carboxylic acids is 2. The van der Waals surface area contributed by atoms with E-state index in [0.29, 0.717) is 11.4 Å². The van der Waals surface area contributed by atoms with E-state index in [-0.39, 0.29) is 36.4 Å². The van der Waals surface area contributed by atoms with Crippen molar-refractivity contribution in [3.63, 3.8) is 0 Å². The van der Waals surface area contributed by atoms with Crippen LogP contribution >= 0.6 is 0 Å². The highest BCUT2D eigenvalue weighted by Crippen LogP contribution is 2.28. The van der Waals surface area contributed by atoms with Crippen molar-refractivity contribution < 1.29 is 19.4 Å². The number of carbonyl (C=O) groups is 2. The van der Waals surface area contributed by atoms with Crippen molar-refractivity contribution >= 4 is 17.5 Å². The summed E-state index contributed by atoms with van der Waals surface area (Å²) in [7, 11) is 1.44. The highest BCUT2D eigenvalue weighted by molar-refractivity contribution is 5.93. The van der Waals surface area contributed by atoms with Gasteiger partial charge in [-0.15, -0.1) is 0 Å². The minimum atomic E-state index is -0.236. The first-order valence-corrected chi connectivity index (χ1v) is 9.04. The smallest absolute Gasteiger partial charge is 0.224 e. The molecule has 2 amide bonds. The Morgan fingerprint density at radius 3 is 2.40 bits per heavy atom. The van der Waals surface area contributed by atoms with Gasteiger partial charge in [-0.25, -0.2) is 0 Å². The summed E-state index contributed by atoms with van der Waals surface area (Å²) in [5, 5.41) is 15.3. The van der Waals surface area contributed by atoms with Crippen LogP contribution in [0.2, 0.25) is 0 Å². The van der Waals surface area contributed by atoms with Crippen molar-refractivity contribution in [1.82, 2.24) is 5.32 Å². The first kappa shape index (κ1) is 19.1. The van der Waals surface area contributed by atoms with Gasteiger partial charge in [0.25, 0.3) is 0 Å². The number of hydrogen-bond acceptors (Lipinski definition) is 4. The molecule has 0 spiro atoms. The Bertz CT molecular complexity index is 581. The topological polar surface area (TPSA) is 87.7 Å². The number of phenols is 1. The molecule has 2 rings (SSSR count). The molecule has 1 fully saturated rings. The molecule has 0 aliphatic heterocycles. The molecular formula is C19H28N2O4. The lowest BCUT2D eigenvalue weighted by atomic mass is 9.96. The first-order chi connectivity index (χ1) is 12.1. The number of rotatable bonds is 6. The molecule has 1 aliphatic rings. The van der Waals surface area contributed by atoms with Crippen molar-refractivity contribution in [3.05, 3.63) is 18.2 Å². The lowest BCUT2D eigenvalue weighted by Crippen LogP contribution is -2.35. The van der Waals surface area contributed by atoms with Crippen LogP contribution in [0.15, 0.2) is 18.2 Å². The van der Waals surface area contributed by atoms with Gasteiger partial charge in [-0.2, -0.15) is 0 Å². The number of phenolic OH excluding ortho intramolecular Hbond substituents is 1. The summed E-state index contributed by atoms with van der Waals surface area (Å²) in [6.45, 7) is 0. The zero-order valence-corrected chi connectivity index (χ0v) is 14.8. The molecule has 1 saturated carbocycles. The summed E-state index contributed by atoms with van der Waals surface area (Å²) in [6.07, 6.45) is 8.47. The van der Waals surface area contributed by atoms with Gasteiger partial charge in [0.05, 0.1) is 7.11 Å². The van der Waals surface area contributed by atoms with Crippen molar-refractivity contribution in [2.45, 2.75) is 63.8 Å². The monoisotopic (exact) mass is 348 g/mol. The van der Waals surface area contributed by atoms with Gasteiger partial charge >= 0.3 is 0 Å². The maximum atomic E-state index is 12.1. The summed E-state index contributed by atoms with van der Waals surface area (Å²) in [4.78, 5) is 24.1. The van der Waals surface area contributed by atoms with Crippen LogP contribution in [0.25, 0.3) is 0 Å². The SMILES string of the molecule is COc1cc(NC(=O)CCC(=O)NC2CCCCCCC2)ccc1O. The van der Waals surface area contributed by atoms with E-state index in [2.05, 4.69) is 10.6 Å². The second-order valence-electron chi connectivity index (χ2n) is 6.54. The summed E-state index contributed by atoms with van der Waals surface area (Å²) < 4.78 is 5.00. The fourth-order valence-corrected chi connectivity index (χ4v) is 3.11. The number of ether oxygens (including phenoxy) is 1. The third kappa shape index (κ3) is 6.64. The van der Waals surface area contributed by atoms with Crippen molar-refractivity contribution in [2.75, 3.05) is 12.4 Å². The standard InChI is InChI=1S/C19H28N2O4/c1-25-17-13-15(9-10-16(17)22)21-19(24)12-11-18(23)20-14-7-5-3-2-4-6-8-14/h9-10,13-14,22H,2-8,11-12H2,1H3,(H,20,23)(H,21,24). The number of benzene rings is 1. The molecule has 0 heterocycles. The minimum Gasteiger partial charge on any atom is -0.504 e. The van der Waals surface area contributed by atoms with E-state index in [1.165, 1.54) is 32.4 Å². The Balaban J connectivity index is 1.74. The second-order valence-corrected chi connectivity index (χ2v) is 6.54. The molecule has 1 aromatic rings. The van der Waals surface area contributed by atoms with Crippen molar-refractivity contribution in [3.8, 4) is 11.5 Å². The predicted octanol–water partition coefficient (Wildman–Crippen LogP) is 3.35. The predicted molar refractivity (Wildman–Crippen MR) is 96.8 cm³/mol. The molecule has 0 saturated heterocycles. The van der Waals surface area contributed by atoms with Gasteiger partial charge in [0.2, 0.25) is 11.8 Å². The largest absolute Gasteiger partial charge is 0.504 e. The van der Waals surface area contributed by atoms with E-state index >= 15 is 0 Å². The highest BCUT2D eigenvalue weighted by Gasteiger charge is 2.15. The zero-order chi connectivity index (χ0) is 18.1. The normalized spacial score (nSPS) is 15.7. The number of amides is 2. The molecule has 138 valence electrons. The van der Waals surface area contributed by atoms with Gasteiger partial charge in [0, 0.05) is 30.6 Å². The molecule has 0 bridgehead atoms. The van der Waals surface area contributed by atoms with Gasteiger partial charge in [0.15, 0.2) is 11.5 Å². The number of methoxy groups -OCH3 is 1. The van der Waals surface area contributed by atoms with E-state index in [9.17, 15) is 14.7 Å². The zero-order valence-electron chi connectivity index (χ0n) is 14.8. The van der Waals surface area contributed by atoms with Crippen LogP contribution in [-0.4, -0.2) is 30.1 Å². The molecule has 6 heteroatoms. The Hall–Kier alpha value is -2.24. The van der Waals surface area contributed by atoms with Crippen molar-refractivity contribution in [2.24, 2.45) is 0 Å². The number of nitrogens with one attached hydrogen (secondary N) is 2. The van der Waals surface area contributed by atoms with Crippen LogP contribution in [0.4, 0.5) is 5.69 Å². The molecule has 1 aromatic carbocycles. The maximum absolute atomic E-state index is 12.1.